The molecule has 0 aromatic carbocycles. The van der Waals surface area contributed by atoms with Gasteiger partial charge in [-0.1, -0.05) is 0 Å². The van der Waals surface area contributed by atoms with Crippen molar-refractivity contribution in [1.29, 1.82) is 0 Å². The van der Waals surface area contributed by atoms with Gasteiger partial charge in [0.05, 0.1) is 6.54 Å². The van der Waals surface area contributed by atoms with Gasteiger partial charge in [0.15, 0.2) is 10.4 Å². The monoisotopic (exact) mass is 378 g/mol. The quantitative estimate of drug-likeness (QED) is 0.624. The Morgan fingerprint density at radius 3 is 2.67 bits per heavy atom. The summed E-state index contributed by atoms with van der Waals surface area (Å²) in [6.07, 6.45) is 2.17. The molecule has 0 saturated heterocycles. The second-order valence-corrected chi connectivity index (χ2v) is 5.79. The highest BCUT2D eigenvalue weighted by Gasteiger charge is 2.20. The zero-order valence-electron chi connectivity index (χ0n) is 11.2. The molecule has 21 heavy (non-hydrogen) atoms. The predicted molar refractivity (Wildman–Crippen MR) is 81.3 cm³/mol. The molecule has 0 spiro atoms. The van der Waals surface area contributed by atoms with Crippen molar-refractivity contribution in [2.75, 3.05) is 18.6 Å². The lowest BCUT2D eigenvalue weighted by molar-refractivity contribution is -0.141. The summed E-state index contributed by atoms with van der Waals surface area (Å²) in [7, 11) is 0. The molecule has 0 saturated carbocycles. The Balaban J connectivity index is 2.42. The molecule has 0 aliphatic heterocycles. The first kappa shape index (κ1) is 17.6. The largest absolute Gasteiger partial charge is 0.480 e. The Morgan fingerprint density at radius 2 is 2.14 bits per heavy atom. The van der Waals surface area contributed by atoms with Gasteiger partial charge in [0.2, 0.25) is 5.91 Å². The molecule has 116 valence electrons. The molecule has 0 fully saturated rings. The summed E-state index contributed by atoms with van der Waals surface area (Å²) in [6.45, 7) is -0.319. The van der Waals surface area contributed by atoms with Crippen LogP contribution < -0.4 is 10.6 Å². The SMILES string of the molecule is CSCCC(NC(=O)CNC(=O)c1ccc(Br)o1)C(=O)O. The van der Waals surface area contributed by atoms with E-state index in [4.69, 9.17) is 9.52 Å². The Bertz CT molecular complexity index is 520. The number of carboxylic acid groups (broad SMARTS) is 1. The third-order valence-corrected chi connectivity index (χ3v) is 3.52. The predicted octanol–water partition coefficient (Wildman–Crippen LogP) is 1.09. The van der Waals surface area contributed by atoms with Crippen molar-refractivity contribution in [1.82, 2.24) is 10.6 Å². The number of aliphatic carboxylic acids is 1. The lowest BCUT2D eigenvalue weighted by atomic mass is 10.2. The average molecular weight is 379 g/mol. The molecular weight excluding hydrogens is 364 g/mol. The first-order valence-corrected chi connectivity index (χ1v) is 8.17. The highest BCUT2D eigenvalue weighted by Crippen LogP contribution is 2.13. The van der Waals surface area contributed by atoms with Crippen LogP contribution in [0.3, 0.4) is 0 Å². The minimum atomic E-state index is -1.10. The summed E-state index contributed by atoms with van der Waals surface area (Å²) in [5.74, 6) is -1.54. The highest BCUT2D eigenvalue weighted by molar-refractivity contribution is 9.10. The van der Waals surface area contributed by atoms with Gasteiger partial charge < -0.3 is 20.2 Å². The van der Waals surface area contributed by atoms with E-state index in [-0.39, 0.29) is 12.3 Å². The van der Waals surface area contributed by atoms with E-state index in [9.17, 15) is 14.4 Å². The van der Waals surface area contributed by atoms with Gasteiger partial charge in [0.1, 0.15) is 6.04 Å². The van der Waals surface area contributed by atoms with Gasteiger partial charge in [-0.15, -0.1) is 0 Å². The van der Waals surface area contributed by atoms with Gasteiger partial charge in [-0.2, -0.15) is 11.8 Å². The number of furan rings is 1. The van der Waals surface area contributed by atoms with Crippen LogP contribution in [0.2, 0.25) is 0 Å². The van der Waals surface area contributed by atoms with Crippen molar-refractivity contribution < 1.29 is 23.9 Å². The van der Waals surface area contributed by atoms with Crippen molar-refractivity contribution in [3.05, 3.63) is 22.6 Å². The van der Waals surface area contributed by atoms with Gasteiger partial charge >= 0.3 is 5.97 Å². The van der Waals surface area contributed by atoms with Crippen molar-refractivity contribution in [3.63, 3.8) is 0 Å². The van der Waals surface area contributed by atoms with Crippen LogP contribution in [0, 0.1) is 0 Å². The van der Waals surface area contributed by atoms with Crippen LogP contribution in [-0.2, 0) is 9.59 Å². The summed E-state index contributed by atoms with van der Waals surface area (Å²) in [5, 5.41) is 13.7. The molecule has 0 radical (unpaired) electrons. The molecule has 0 bridgehead atoms. The smallest absolute Gasteiger partial charge is 0.326 e. The maximum atomic E-state index is 11.6. The standard InChI is InChI=1S/C12H15BrN2O5S/c1-21-5-4-7(12(18)19)15-10(16)6-14-11(17)8-2-3-9(13)20-8/h2-3,7H,4-6H2,1H3,(H,14,17)(H,15,16)(H,18,19). The summed E-state index contributed by atoms with van der Waals surface area (Å²) in [5.41, 5.74) is 0. The van der Waals surface area contributed by atoms with Crippen molar-refractivity contribution in [2.45, 2.75) is 12.5 Å². The molecule has 0 aliphatic rings. The number of carbonyl (C=O) groups excluding carboxylic acids is 2. The zero-order valence-corrected chi connectivity index (χ0v) is 13.6. The van der Waals surface area contributed by atoms with Crippen LogP contribution in [0.15, 0.2) is 21.2 Å². The van der Waals surface area contributed by atoms with Crippen LogP contribution in [0.4, 0.5) is 0 Å². The molecule has 1 atom stereocenters. The number of rotatable bonds is 8. The number of halogens is 1. The molecule has 1 aromatic rings. The summed E-state index contributed by atoms with van der Waals surface area (Å²) < 4.78 is 5.43. The molecule has 1 unspecified atom stereocenters. The van der Waals surface area contributed by atoms with E-state index in [0.717, 1.165) is 0 Å². The number of hydrogen-bond donors (Lipinski definition) is 3. The summed E-state index contributed by atoms with van der Waals surface area (Å²) in [4.78, 5) is 34.2. The topological polar surface area (TPSA) is 109 Å². The van der Waals surface area contributed by atoms with Gasteiger partial charge in [0.25, 0.3) is 5.91 Å². The fraction of sp³-hybridized carbons (Fsp3) is 0.417. The van der Waals surface area contributed by atoms with E-state index < -0.39 is 23.8 Å². The Labute approximate surface area is 134 Å². The Kier molecular flexibility index (Phi) is 7.30. The molecule has 9 heteroatoms. The lowest BCUT2D eigenvalue weighted by Gasteiger charge is -2.14. The van der Waals surface area contributed by atoms with Gasteiger partial charge in [-0.3, -0.25) is 9.59 Å². The van der Waals surface area contributed by atoms with Crippen molar-refractivity contribution in [2.24, 2.45) is 0 Å². The lowest BCUT2D eigenvalue weighted by Crippen LogP contribution is -2.45. The van der Waals surface area contributed by atoms with E-state index in [1.165, 1.54) is 17.8 Å². The van der Waals surface area contributed by atoms with E-state index >= 15 is 0 Å². The molecule has 1 aromatic heterocycles. The molecule has 1 rings (SSSR count). The van der Waals surface area contributed by atoms with E-state index in [0.29, 0.717) is 16.8 Å². The van der Waals surface area contributed by atoms with Crippen LogP contribution in [-0.4, -0.2) is 47.5 Å². The van der Waals surface area contributed by atoms with Crippen molar-refractivity contribution in [3.8, 4) is 0 Å². The van der Waals surface area contributed by atoms with E-state index in [2.05, 4.69) is 26.6 Å². The second-order valence-electron chi connectivity index (χ2n) is 4.03. The maximum Gasteiger partial charge on any atom is 0.326 e. The normalized spacial score (nSPS) is 11.7. The molecule has 3 N–H and O–H groups in total. The number of nitrogens with one attached hydrogen (secondary N) is 2. The number of hydrogen-bond acceptors (Lipinski definition) is 5. The number of carbonyl (C=O) groups is 3. The first-order valence-electron chi connectivity index (χ1n) is 5.98. The minimum absolute atomic E-state index is 0.0619. The van der Waals surface area contributed by atoms with Crippen LogP contribution in [0.1, 0.15) is 17.0 Å². The number of carboxylic acids is 1. The van der Waals surface area contributed by atoms with Crippen LogP contribution in [0.25, 0.3) is 0 Å². The highest BCUT2D eigenvalue weighted by atomic mass is 79.9. The maximum absolute atomic E-state index is 11.6. The first-order chi connectivity index (χ1) is 9.93. The fourth-order valence-corrected chi connectivity index (χ4v) is 2.20. The van der Waals surface area contributed by atoms with Crippen molar-refractivity contribution >= 4 is 45.5 Å². The molecule has 1 heterocycles. The fourth-order valence-electron chi connectivity index (χ4n) is 1.42. The van der Waals surface area contributed by atoms with Crippen LogP contribution >= 0.6 is 27.7 Å². The molecule has 7 nitrogen and oxygen atoms in total. The Morgan fingerprint density at radius 1 is 1.43 bits per heavy atom. The van der Waals surface area contributed by atoms with Gasteiger partial charge in [-0.25, -0.2) is 4.79 Å². The summed E-state index contributed by atoms with van der Waals surface area (Å²) >= 11 is 4.55. The second kappa shape index (κ2) is 8.73. The molecule has 0 aliphatic carbocycles. The minimum Gasteiger partial charge on any atom is -0.480 e. The zero-order chi connectivity index (χ0) is 15.8. The number of thioether (sulfide) groups is 1. The van der Waals surface area contributed by atoms with Gasteiger partial charge in [-0.05, 0) is 46.5 Å². The average Bonchev–Trinajstić information content (AvgIpc) is 2.87. The Hall–Kier alpha value is -1.48. The third kappa shape index (κ3) is 6.21. The van der Waals surface area contributed by atoms with Gasteiger partial charge in [0, 0.05) is 0 Å². The van der Waals surface area contributed by atoms with E-state index in [1.54, 1.807) is 6.07 Å². The van der Waals surface area contributed by atoms with E-state index in [1.807, 2.05) is 6.26 Å². The van der Waals surface area contributed by atoms with Crippen LogP contribution in [0.5, 0.6) is 0 Å². The summed E-state index contributed by atoms with van der Waals surface area (Å²) in [6, 6.07) is 2.05. The molecule has 2 amide bonds. The third-order valence-electron chi connectivity index (χ3n) is 2.45. The molecular formula is C12H15BrN2O5S. The number of amides is 2.